The summed E-state index contributed by atoms with van der Waals surface area (Å²) in [5.41, 5.74) is 0.231. The van der Waals surface area contributed by atoms with Gasteiger partial charge in [0.15, 0.2) is 0 Å². The number of rotatable bonds is 6. The Bertz CT molecular complexity index is 204. The van der Waals surface area contributed by atoms with Crippen LogP contribution in [0.4, 0.5) is 0 Å². The average molecular weight is 197 g/mol. The lowest BCUT2D eigenvalue weighted by Gasteiger charge is -2.14. The molecule has 14 heavy (non-hydrogen) atoms. The highest BCUT2D eigenvalue weighted by Gasteiger charge is 2.08. The Morgan fingerprint density at radius 1 is 1.36 bits per heavy atom. The standard InChI is InChI=1S/C11H19NO2/c1-11(2,3)8-4-6-10(12-14)7-5-9-13/h4,6,9-10H,5,7-8H2,1-3H3/b6-4+/t10-/m1/s1. The van der Waals surface area contributed by atoms with Gasteiger partial charge in [0.25, 0.3) is 0 Å². The third kappa shape index (κ3) is 7.65. The van der Waals surface area contributed by atoms with Crippen molar-refractivity contribution in [3.05, 3.63) is 17.1 Å². The van der Waals surface area contributed by atoms with Crippen LogP contribution in [-0.2, 0) is 4.79 Å². The Balaban J connectivity index is 3.91. The van der Waals surface area contributed by atoms with Crippen molar-refractivity contribution in [1.82, 2.24) is 0 Å². The Labute approximate surface area is 85.6 Å². The normalized spacial score (nSPS) is 14.2. The molecule has 0 aromatic rings. The molecule has 0 saturated carbocycles. The second-order valence-electron chi connectivity index (χ2n) is 4.61. The van der Waals surface area contributed by atoms with Gasteiger partial charge in [-0.1, -0.05) is 38.1 Å². The topological polar surface area (TPSA) is 46.5 Å². The minimum atomic E-state index is -0.345. The van der Waals surface area contributed by atoms with Crippen LogP contribution in [0.1, 0.15) is 40.0 Å². The summed E-state index contributed by atoms with van der Waals surface area (Å²) in [4.78, 5) is 20.4. The average Bonchev–Trinajstić information content (AvgIpc) is 2.09. The van der Waals surface area contributed by atoms with Gasteiger partial charge in [0.2, 0.25) is 0 Å². The molecule has 0 aliphatic rings. The molecular formula is C11H19NO2. The predicted molar refractivity (Wildman–Crippen MR) is 58.1 cm³/mol. The summed E-state index contributed by atoms with van der Waals surface area (Å²) in [5.74, 6) is 0. The maximum atomic E-state index is 10.3. The monoisotopic (exact) mass is 197 g/mol. The van der Waals surface area contributed by atoms with E-state index in [9.17, 15) is 9.70 Å². The maximum Gasteiger partial charge on any atom is 0.120 e. The zero-order valence-electron chi connectivity index (χ0n) is 9.19. The van der Waals surface area contributed by atoms with Crippen LogP contribution < -0.4 is 0 Å². The van der Waals surface area contributed by atoms with Crippen molar-refractivity contribution in [2.75, 3.05) is 0 Å². The van der Waals surface area contributed by atoms with Gasteiger partial charge < -0.3 is 4.79 Å². The summed E-state index contributed by atoms with van der Waals surface area (Å²) in [6.45, 7) is 6.39. The van der Waals surface area contributed by atoms with E-state index in [1.807, 2.05) is 6.08 Å². The molecule has 0 rings (SSSR count). The number of carbonyl (C=O) groups excluding carboxylic acids is 1. The zero-order chi connectivity index (χ0) is 11.0. The Hall–Kier alpha value is -0.990. The molecule has 0 radical (unpaired) electrons. The van der Waals surface area contributed by atoms with E-state index in [2.05, 4.69) is 25.9 Å². The molecule has 0 saturated heterocycles. The number of nitrogens with zero attached hydrogens (tertiary/aromatic N) is 1. The number of carbonyl (C=O) groups is 1. The molecule has 3 heteroatoms. The third-order valence-electron chi connectivity index (χ3n) is 1.80. The van der Waals surface area contributed by atoms with Crippen LogP contribution in [0.3, 0.4) is 0 Å². The first-order valence-corrected chi connectivity index (χ1v) is 4.92. The van der Waals surface area contributed by atoms with Gasteiger partial charge in [-0.3, -0.25) is 0 Å². The third-order valence-corrected chi connectivity index (χ3v) is 1.80. The highest BCUT2D eigenvalue weighted by atomic mass is 16.3. The second kappa shape index (κ2) is 6.46. The summed E-state index contributed by atoms with van der Waals surface area (Å²) in [6.07, 6.45) is 6.42. The van der Waals surface area contributed by atoms with E-state index in [0.717, 1.165) is 12.7 Å². The van der Waals surface area contributed by atoms with E-state index in [0.29, 0.717) is 12.8 Å². The van der Waals surface area contributed by atoms with Gasteiger partial charge in [0, 0.05) is 6.42 Å². The van der Waals surface area contributed by atoms with Crippen molar-refractivity contribution < 1.29 is 4.79 Å². The lowest BCUT2D eigenvalue weighted by Crippen LogP contribution is -2.04. The van der Waals surface area contributed by atoms with Gasteiger partial charge >= 0.3 is 0 Å². The molecule has 0 aromatic heterocycles. The molecule has 80 valence electrons. The molecule has 0 spiro atoms. The lowest BCUT2D eigenvalue weighted by atomic mass is 9.92. The molecule has 0 N–H and O–H groups in total. The zero-order valence-corrected chi connectivity index (χ0v) is 9.19. The maximum absolute atomic E-state index is 10.3. The van der Waals surface area contributed by atoms with Crippen molar-refractivity contribution in [2.45, 2.75) is 46.1 Å². The van der Waals surface area contributed by atoms with Gasteiger partial charge in [-0.05, 0) is 18.3 Å². The van der Waals surface area contributed by atoms with Gasteiger partial charge in [0.05, 0.1) is 0 Å². The summed E-state index contributed by atoms with van der Waals surface area (Å²) >= 11 is 0. The summed E-state index contributed by atoms with van der Waals surface area (Å²) in [7, 11) is 0. The van der Waals surface area contributed by atoms with Crippen LogP contribution in [-0.4, -0.2) is 12.3 Å². The molecule has 0 fully saturated rings. The molecule has 1 atom stereocenters. The van der Waals surface area contributed by atoms with Crippen molar-refractivity contribution in [3.63, 3.8) is 0 Å². The second-order valence-corrected chi connectivity index (χ2v) is 4.61. The smallest absolute Gasteiger partial charge is 0.120 e. The molecule has 0 bridgehead atoms. The molecule has 0 heterocycles. The first-order valence-electron chi connectivity index (χ1n) is 4.92. The number of aldehydes is 1. The van der Waals surface area contributed by atoms with Crippen molar-refractivity contribution in [1.29, 1.82) is 0 Å². The van der Waals surface area contributed by atoms with E-state index >= 15 is 0 Å². The van der Waals surface area contributed by atoms with E-state index in [-0.39, 0.29) is 11.5 Å². The lowest BCUT2D eigenvalue weighted by molar-refractivity contribution is -0.107. The SMILES string of the molecule is CC(C)(C)C/C=C/[C@H](CCC=O)N=O. The first-order chi connectivity index (χ1) is 6.49. The number of hydrogen-bond acceptors (Lipinski definition) is 3. The van der Waals surface area contributed by atoms with Crippen LogP contribution in [0.15, 0.2) is 17.3 Å². The Morgan fingerprint density at radius 3 is 2.43 bits per heavy atom. The van der Waals surface area contributed by atoms with Gasteiger partial charge in [-0.25, -0.2) is 0 Å². The minimum Gasteiger partial charge on any atom is -0.303 e. The highest BCUT2D eigenvalue weighted by Crippen LogP contribution is 2.19. The van der Waals surface area contributed by atoms with Crippen molar-refractivity contribution in [3.8, 4) is 0 Å². The molecule has 0 aliphatic heterocycles. The summed E-state index contributed by atoms with van der Waals surface area (Å²) < 4.78 is 0. The molecule has 3 nitrogen and oxygen atoms in total. The summed E-state index contributed by atoms with van der Waals surface area (Å²) in [5, 5.41) is 2.95. The Kier molecular flexibility index (Phi) is 6.00. The van der Waals surface area contributed by atoms with Crippen molar-refractivity contribution >= 4 is 6.29 Å². The minimum absolute atomic E-state index is 0.231. The molecule has 0 amide bonds. The van der Waals surface area contributed by atoms with Crippen molar-refractivity contribution in [2.24, 2.45) is 10.6 Å². The fraction of sp³-hybridized carbons (Fsp3) is 0.727. The molecule has 0 aromatic carbocycles. The van der Waals surface area contributed by atoms with Crippen LogP contribution in [0.5, 0.6) is 0 Å². The number of hydrogen-bond donors (Lipinski definition) is 0. The van der Waals surface area contributed by atoms with Crippen LogP contribution >= 0.6 is 0 Å². The number of allylic oxidation sites excluding steroid dienone is 1. The van der Waals surface area contributed by atoms with Crippen LogP contribution in [0.2, 0.25) is 0 Å². The fourth-order valence-corrected chi connectivity index (χ4v) is 1.00. The Morgan fingerprint density at radius 2 is 2.00 bits per heavy atom. The quantitative estimate of drug-likeness (QED) is 0.373. The molecular weight excluding hydrogens is 178 g/mol. The number of nitroso groups, excluding NO2 is 1. The first kappa shape index (κ1) is 13.0. The van der Waals surface area contributed by atoms with Gasteiger partial charge in [0.1, 0.15) is 12.3 Å². The van der Waals surface area contributed by atoms with Crippen LogP contribution in [0, 0.1) is 10.3 Å². The fourth-order valence-electron chi connectivity index (χ4n) is 1.00. The molecule has 0 unspecified atom stereocenters. The van der Waals surface area contributed by atoms with Gasteiger partial charge in [-0.15, -0.1) is 0 Å². The van der Waals surface area contributed by atoms with E-state index in [1.54, 1.807) is 6.08 Å². The predicted octanol–water partition coefficient (Wildman–Crippen LogP) is 3.09. The van der Waals surface area contributed by atoms with Crippen LogP contribution in [0.25, 0.3) is 0 Å². The van der Waals surface area contributed by atoms with E-state index in [1.165, 1.54) is 0 Å². The molecule has 0 aliphatic carbocycles. The highest BCUT2D eigenvalue weighted by molar-refractivity contribution is 5.49. The van der Waals surface area contributed by atoms with E-state index < -0.39 is 0 Å². The summed E-state index contributed by atoms with van der Waals surface area (Å²) in [6, 6.07) is -0.345. The largest absolute Gasteiger partial charge is 0.303 e. The van der Waals surface area contributed by atoms with Gasteiger partial charge in [-0.2, -0.15) is 4.91 Å². The van der Waals surface area contributed by atoms with E-state index in [4.69, 9.17) is 0 Å².